The Hall–Kier alpha value is -2.16. The van der Waals surface area contributed by atoms with E-state index in [0.717, 1.165) is 18.1 Å². The van der Waals surface area contributed by atoms with Crippen LogP contribution in [0.5, 0.6) is 0 Å². The first kappa shape index (κ1) is 16.7. The van der Waals surface area contributed by atoms with Gasteiger partial charge in [0.05, 0.1) is 6.54 Å². The molecule has 0 aromatic carbocycles. The smallest absolute Gasteiger partial charge is 0.338 e. The molecule has 3 rings (SSSR count). The van der Waals surface area contributed by atoms with E-state index in [0.29, 0.717) is 26.2 Å². The molecule has 0 saturated carbocycles. The van der Waals surface area contributed by atoms with Gasteiger partial charge in [-0.15, -0.1) is 0 Å². The van der Waals surface area contributed by atoms with Crippen LogP contribution in [0.3, 0.4) is 0 Å². The maximum atomic E-state index is 12.8. The quantitative estimate of drug-likeness (QED) is 0.855. The molecule has 3 heterocycles. The molecule has 0 amide bonds. The Morgan fingerprint density at radius 2 is 2.00 bits per heavy atom. The summed E-state index contributed by atoms with van der Waals surface area (Å²) in [6.45, 7) is 4.63. The standard InChI is InChI=1S/C15H19F3N6/c1-11-9-24(14-20-4-3-12(21-14)15(16,17)18)8-7-23(11)10-13-19-5-6-22(13)2/h3-6,11H,7-10H2,1-2H3/t11-/m1/s1. The summed E-state index contributed by atoms with van der Waals surface area (Å²) in [5.41, 5.74) is -0.907. The van der Waals surface area contributed by atoms with E-state index >= 15 is 0 Å². The zero-order chi connectivity index (χ0) is 17.3. The molecule has 1 aliphatic rings. The summed E-state index contributed by atoms with van der Waals surface area (Å²) < 4.78 is 40.4. The molecule has 0 spiro atoms. The minimum Gasteiger partial charge on any atom is -0.338 e. The predicted octanol–water partition coefficient (Wildman–Crippen LogP) is 1.94. The van der Waals surface area contributed by atoms with Gasteiger partial charge in [-0.2, -0.15) is 13.2 Å². The molecule has 0 radical (unpaired) electrons. The first-order chi connectivity index (χ1) is 11.3. The predicted molar refractivity (Wildman–Crippen MR) is 82.3 cm³/mol. The van der Waals surface area contributed by atoms with Gasteiger partial charge in [0.2, 0.25) is 5.95 Å². The maximum Gasteiger partial charge on any atom is 0.433 e. The highest BCUT2D eigenvalue weighted by Gasteiger charge is 2.34. The molecule has 0 unspecified atom stereocenters. The Morgan fingerprint density at radius 1 is 1.21 bits per heavy atom. The SMILES string of the molecule is C[C@@H]1CN(c2nccc(C(F)(F)F)n2)CCN1Cc1nccn1C. The van der Waals surface area contributed by atoms with E-state index in [4.69, 9.17) is 0 Å². The molecule has 1 aliphatic heterocycles. The fraction of sp³-hybridized carbons (Fsp3) is 0.533. The zero-order valence-corrected chi connectivity index (χ0v) is 13.5. The molecule has 0 bridgehead atoms. The number of alkyl halides is 3. The lowest BCUT2D eigenvalue weighted by atomic mass is 10.2. The molecular weight excluding hydrogens is 321 g/mol. The number of aryl methyl sites for hydroxylation is 1. The molecule has 24 heavy (non-hydrogen) atoms. The van der Waals surface area contributed by atoms with Crippen molar-refractivity contribution < 1.29 is 13.2 Å². The van der Waals surface area contributed by atoms with Crippen molar-refractivity contribution in [3.63, 3.8) is 0 Å². The van der Waals surface area contributed by atoms with Gasteiger partial charge in [-0.05, 0) is 13.0 Å². The van der Waals surface area contributed by atoms with Gasteiger partial charge in [-0.1, -0.05) is 0 Å². The van der Waals surface area contributed by atoms with Crippen molar-refractivity contribution >= 4 is 5.95 Å². The Labute approximate surface area is 137 Å². The number of rotatable bonds is 3. The summed E-state index contributed by atoms with van der Waals surface area (Å²) in [5.74, 6) is 1.10. The Kier molecular flexibility index (Phi) is 4.44. The third-order valence-corrected chi connectivity index (χ3v) is 4.25. The largest absolute Gasteiger partial charge is 0.433 e. The van der Waals surface area contributed by atoms with Crippen LogP contribution in [-0.4, -0.2) is 50.1 Å². The Balaban J connectivity index is 1.68. The van der Waals surface area contributed by atoms with Crippen molar-refractivity contribution in [2.24, 2.45) is 7.05 Å². The number of anilines is 1. The average molecular weight is 340 g/mol. The second-order valence-electron chi connectivity index (χ2n) is 5.96. The van der Waals surface area contributed by atoms with Crippen molar-refractivity contribution in [2.75, 3.05) is 24.5 Å². The topological polar surface area (TPSA) is 50.1 Å². The lowest BCUT2D eigenvalue weighted by Crippen LogP contribution is -2.52. The van der Waals surface area contributed by atoms with Crippen molar-refractivity contribution in [2.45, 2.75) is 25.7 Å². The molecule has 0 aliphatic carbocycles. The van der Waals surface area contributed by atoms with Crippen LogP contribution in [0.25, 0.3) is 0 Å². The number of aromatic nitrogens is 4. The monoisotopic (exact) mass is 340 g/mol. The van der Waals surface area contributed by atoms with Crippen molar-refractivity contribution in [1.29, 1.82) is 0 Å². The molecule has 2 aromatic rings. The molecular formula is C15H19F3N6. The maximum absolute atomic E-state index is 12.8. The van der Waals surface area contributed by atoms with Gasteiger partial charge in [-0.25, -0.2) is 15.0 Å². The molecule has 0 N–H and O–H groups in total. The minimum absolute atomic E-state index is 0.133. The van der Waals surface area contributed by atoms with Crippen LogP contribution < -0.4 is 4.90 Å². The number of piperazine rings is 1. The highest BCUT2D eigenvalue weighted by Crippen LogP contribution is 2.28. The van der Waals surface area contributed by atoms with Crippen LogP contribution in [0.1, 0.15) is 18.4 Å². The van der Waals surface area contributed by atoms with E-state index in [-0.39, 0.29) is 12.0 Å². The van der Waals surface area contributed by atoms with Crippen LogP contribution in [0.2, 0.25) is 0 Å². The first-order valence-corrected chi connectivity index (χ1v) is 7.70. The van der Waals surface area contributed by atoms with Gasteiger partial charge >= 0.3 is 6.18 Å². The van der Waals surface area contributed by atoms with Crippen LogP contribution in [0.4, 0.5) is 19.1 Å². The summed E-state index contributed by atoms with van der Waals surface area (Å²) >= 11 is 0. The highest BCUT2D eigenvalue weighted by molar-refractivity contribution is 5.32. The molecule has 1 atom stereocenters. The molecule has 1 saturated heterocycles. The number of hydrogen-bond donors (Lipinski definition) is 0. The van der Waals surface area contributed by atoms with Gasteiger partial charge < -0.3 is 9.47 Å². The lowest BCUT2D eigenvalue weighted by Gasteiger charge is -2.39. The van der Waals surface area contributed by atoms with Gasteiger partial charge in [0.15, 0.2) is 0 Å². The molecule has 130 valence electrons. The number of nitrogens with zero attached hydrogens (tertiary/aromatic N) is 6. The van der Waals surface area contributed by atoms with Crippen LogP contribution in [0, 0.1) is 0 Å². The molecule has 1 fully saturated rings. The van der Waals surface area contributed by atoms with Crippen molar-refractivity contribution in [3.8, 4) is 0 Å². The second kappa shape index (κ2) is 6.39. The van der Waals surface area contributed by atoms with E-state index in [1.54, 1.807) is 11.1 Å². The molecule has 2 aromatic heterocycles. The van der Waals surface area contributed by atoms with Crippen LogP contribution in [-0.2, 0) is 19.8 Å². The average Bonchev–Trinajstić information content (AvgIpc) is 2.94. The van der Waals surface area contributed by atoms with E-state index in [1.807, 2.05) is 24.7 Å². The zero-order valence-electron chi connectivity index (χ0n) is 13.5. The van der Waals surface area contributed by atoms with Gasteiger partial charge in [0, 0.05) is 51.3 Å². The minimum atomic E-state index is -4.46. The highest BCUT2D eigenvalue weighted by atomic mass is 19.4. The fourth-order valence-corrected chi connectivity index (χ4v) is 2.80. The summed E-state index contributed by atoms with van der Waals surface area (Å²) in [6, 6.07) is 1.05. The van der Waals surface area contributed by atoms with Crippen molar-refractivity contribution in [1.82, 2.24) is 24.4 Å². The first-order valence-electron chi connectivity index (χ1n) is 7.70. The van der Waals surface area contributed by atoms with E-state index in [9.17, 15) is 13.2 Å². The normalized spacial score (nSPS) is 19.7. The fourth-order valence-electron chi connectivity index (χ4n) is 2.80. The summed E-state index contributed by atoms with van der Waals surface area (Å²) in [5, 5.41) is 0. The van der Waals surface area contributed by atoms with Gasteiger partial charge in [0.1, 0.15) is 11.5 Å². The van der Waals surface area contributed by atoms with Gasteiger partial charge in [-0.3, -0.25) is 4.90 Å². The van der Waals surface area contributed by atoms with Gasteiger partial charge in [0.25, 0.3) is 0 Å². The number of imidazole rings is 1. The van der Waals surface area contributed by atoms with Crippen molar-refractivity contribution in [3.05, 3.63) is 36.2 Å². The Bertz CT molecular complexity index is 699. The molecule has 9 heteroatoms. The summed E-state index contributed by atoms with van der Waals surface area (Å²) in [4.78, 5) is 16.1. The Morgan fingerprint density at radius 3 is 2.62 bits per heavy atom. The molecule has 6 nitrogen and oxygen atoms in total. The summed E-state index contributed by atoms with van der Waals surface area (Å²) in [6.07, 6.45) is 0.360. The van der Waals surface area contributed by atoms with Crippen LogP contribution in [0.15, 0.2) is 24.7 Å². The van der Waals surface area contributed by atoms with Crippen LogP contribution >= 0.6 is 0 Å². The second-order valence-corrected chi connectivity index (χ2v) is 5.96. The van der Waals surface area contributed by atoms with E-state index < -0.39 is 11.9 Å². The summed E-state index contributed by atoms with van der Waals surface area (Å²) in [7, 11) is 1.94. The third-order valence-electron chi connectivity index (χ3n) is 4.25. The van der Waals surface area contributed by atoms with E-state index in [1.165, 1.54) is 0 Å². The third kappa shape index (κ3) is 3.50. The number of hydrogen-bond acceptors (Lipinski definition) is 5. The number of halogens is 3. The van der Waals surface area contributed by atoms with E-state index in [2.05, 4.69) is 19.9 Å². The lowest BCUT2D eigenvalue weighted by molar-refractivity contribution is -0.141.